The molecule has 0 saturated heterocycles. The molecule has 0 unspecified atom stereocenters. The van der Waals surface area contributed by atoms with Gasteiger partial charge in [-0.05, 0) is 24.1 Å². The zero-order chi connectivity index (χ0) is 11.3. The number of aryl methyl sites for hydroxylation is 1. The predicted octanol–water partition coefficient (Wildman–Crippen LogP) is 3.22. The minimum absolute atomic E-state index is 0.0136. The van der Waals surface area contributed by atoms with Crippen molar-refractivity contribution in [2.24, 2.45) is 0 Å². The first kappa shape index (κ1) is 12.6. The van der Waals surface area contributed by atoms with E-state index in [4.69, 9.17) is 9.29 Å². The average molecular weight is 342 g/mol. The molecule has 15 heavy (non-hydrogen) atoms. The van der Waals surface area contributed by atoms with Crippen LogP contribution in [-0.4, -0.2) is 11.1 Å². The molecule has 1 aromatic rings. The van der Waals surface area contributed by atoms with Crippen LogP contribution in [0.25, 0.3) is 0 Å². The third-order valence-electron chi connectivity index (χ3n) is 1.69. The number of carbonyl (C=O) groups is 1. The van der Waals surface area contributed by atoms with Gasteiger partial charge in [-0.25, -0.2) is 4.39 Å². The molecule has 1 aromatic carbocycles. The Bertz CT molecular complexity index is 359. The van der Waals surface area contributed by atoms with Crippen LogP contribution in [0.15, 0.2) is 18.2 Å². The van der Waals surface area contributed by atoms with Crippen LogP contribution < -0.4 is 4.18 Å². The molecule has 0 saturated carbocycles. The minimum atomic E-state index is -0.898. The van der Waals surface area contributed by atoms with Crippen molar-refractivity contribution in [1.82, 2.24) is 0 Å². The maximum absolute atomic E-state index is 13.0. The summed E-state index contributed by atoms with van der Waals surface area (Å²) in [5.41, 5.74) is 0.623. The molecule has 0 aliphatic rings. The summed E-state index contributed by atoms with van der Waals surface area (Å²) in [5.74, 6) is -0.918. The van der Waals surface area contributed by atoms with Crippen molar-refractivity contribution in [3.05, 3.63) is 29.6 Å². The minimum Gasteiger partial charge on any atom is -0.481 e. The number of benzene rings is 1. The van der Waals surface area contributed by atoms with Crippen LogP contribution in [-0.2, 0) is 11.2 Å². The number of halogens is 2. The zero-order valence-corrected chi connectivity index (χ0v) is 10.5. The van der Waals surface area contributed by atoms with E-state index in [9.17, 15) is 9.18 Å². The van der Waals surface area contributed by atoms with Gasteiger partial charge in [0.2, 0.25) is 0 Å². The molecule has 6 heteroatoms. The maximum Gasteiger partial charge on any atom is 0.303 e. The summed E-state index contributed by atoms with van der Waals surface area (Å²) in [7, 11) is 1.08. The van der Waals surface area contributed by atoms with E-state index >= 15 is 0 Å². The summed E-state index contributed by atoms with van der Waals surface area (Å²) in [4.78, 5) is 10.3. The zero-order valence-electron chi connectivity index (χ0n) is 7.57. The summed E-state index contributed by atoms with van der Waals surface area (Å²) in [6.45, 7) is 0. The molecule has 82 valence electrons. The largest absolute Gasteiger partial charge is 0.481 e. The van der Waals surface area contributed by atoms with E-state index in [-0.39, 0.29) is 6.42 Å². The fourth-order valence-corrected chi connectivity index (χ4v) is 1.89. The quantitative estimate of drug-likeness (QED) is 0.659. The van der Waals surface area contributed by atoms with Gasteiger partial charge in [-0.15, -0.1) is 0 Å². The van der Waals surface area contributed by atoms with Gasteiger partial charge in [0.25, 0.3) is 0 Å². The summed E-state index contributed by atoms with van der Waals surface area (Å²) in [5, 5.41) is 8.49. The third-order valence-corrected chi connectivity index (χ3v) is 2.48. The van der Waals surface area contributed by atoms with E-state index in [1.165, 1.54) is 12.1 Å². The van der Waals surface area contributed by atoms with E-state index in [0.717, 1.165) is 9.21 Å². The maximum atomic E-state index is 13.0. The number of carboxylic acids is 1. The Hall–Kier alpha value is -0.500. The number of hydrogen-bond acceptors (Lipinski definition) is 3. The van der Waals surface area contributed by atoms with Gasteiger partial charge >= 0.3 is 5.97 Å². The Morgan fingerprint density at radius 1 is 1.53 bits per heavy atom. The van der Waals surface area contributed by atoms with E-state index in [1.54, 1.807) is 6.07 Å². The van der Waals surface area contributed by atoms with Crippen LogP contribution in [0.5, 0.6) is 5.75 Å². The lowest BCUT2D eigenvalue weighted by molar-refractivity contribution is -0.136. The molecule has 0 aliphatic carbocycles. The van der Waals surface area contributed by atoms with Gasteiger partial charge in [-0.1, -0.05) is 0 Å². The van der Waals surface area contributed by atoms with Gasteiger partial charge < -0.3 is 9.29 Å². The van der Waals surface area contributed by atoms with Crippen molar-refractivity contribution >= 4 is 36.4 Å². The van der Waals surface area contributed by atoms with Crippen LogP contribution >= 0.6 is 30.4 Å². The highest BCUT2D eigenvalue weighted by molar-refractivity contribution is 14.2. The summed E-state index contributed by atoms with van der Waals surface area (Å²) < 4.78 is 18.1. The van der Waals surface area contributed by atoms with Crippen molar-refractivity contribution < 1.29 is 18.5 Å². The summed E-state index contributed by atoms with van der Waals surface area (Å²) in [6, 6.07) is 4.21. The molecule has 0 fully saturated rings. The number of hydrogen-bond donors (Lipinski definition) is 1. The smallest absolute Gasteiger partial charge is 0.303 e. The number of aliphatic carboxylic acids is 1. The average Bonchev–Trinajstić information content (AvgIpc) is 2.14. The second kappa shape index (κ2) is 6.16. The van der Waals surface area contributed by atoms with Gasteiger partial charge in [-0.3, -0.25) is 4.79 Å². The second-order valence-electron chi connectivity index (χ2n) is 2.84. The molecule has 1 rings (SSSR count). The van der Waals surface area contributed by atoms with Crippen LogP contribution in [0.4, 0.5) is 4.39 Å². The molecule has 0 spiro atoms. The molecular formula is C9H8FIO3S. The monoisotopic (exact) mass is 342 g/mol. The van der Waals surface area contributed by atoms with E-state index in [0.29, 0.717) is 17.7 Å². The van der Waals surface area contributed by atoms with Gasteiger partial charge in [-0.2, -0.15) is 0 Å². The SMILES string of the molecule is O=C(O)CCc1cc(F)cc(OSI)c1. The fourth-order valence-electron chi connectivity index (χ4n) is 1.10. The molecule has 0 atom stereocenters. The van der Waals surface area contributed by atoms with Gasteiger partial charge in [0.15, 0.2) is 0 Å². The van der Waals surface area contributed by atoms with Crippen molar-refractivity contribution in [2.75, 3.05) is 0 Å². The molecule has 0 heterocycles. The highest BCUT2D eigenvalue weighted by atomic mass is 127. The van der Waals surface area contributed by atoms with E-state index in [2.05, 4.69) is 0 Å². The Kier molecular flexibility index (Phi) is 5.16. The molecule has 0 aromatic heterocycles. The van der Waals surface area contributed by atoms with Crippen molar-refractivity contribution in [2.45, 2.75) is 12.8 Å². The van der Waals surface area contributed by atoms with Gasteiger partial charge in [0.05, 0.1) is 0 Å². The lowest BCUT2D eigenvalue weighted by atomic mass is 10.1. The highest BCUT2D eigenvalue weighted by Crippen LogP contribution is 2.23. The highest BCUT2D eigenvalue weighted by Gasteiger charge is 2.04. The lowest BCUT2D eigenvalue weighted by Gasteiger charge is -2.03. The van der Waals surface area contributed by atoms with Crippen LogP contribution in [0.3, 0.4) is 0 Å². The fraction of sp³-hybridized carbons (Fsp3) is 0.222. The topological polar surface area (TPSA) is 46.5 Å². The summed E-state index contributed by atoms with van der Waals surface area (Å²) >= 11 is 1.92. The lowest BCUT2D eigenvalue weighted by Crippen LogP contribution is -1.98. The van der Waals surface area contributed by atoms with E-state index < -0.39 is 11.8 Å². The van der Waals surface area contributed by atoms with Crippen LogP contribution in [0.1, 0.15) is 12.0 Å². The molecule has 0 bridgehead atoms. The molecule has 3 nitrogen and oxygen atoms in total. The van der Waals surface area contributed by atoms with E-state index in [1.807, 2.05) is 21.2 Å². The Balaban J connectivity index is 2.74. The van der Waals surface area contributed by atoms with Crippen LogP contribution in [0, 0.1) is 5.82 Å². The molecule has 0 radical (unpaired) electrons. The molecule has 1 N–H and O–H groups in total. The first-order valence-corrected chi connectivity index (χ1v) is 7.37. The standard InChI is InChI=1S/C9H8FIO3S/c10-7-3-6(1-2-9(12)13)4-8(5-7)14-15-11/h3-5H,1-2H2,(H,12,13). The van der Waals surface area contributed by atoms with Crippen molar-refractivity contribution in [1.29, 1.82) is 0 Å². The first-order valence-electron chi connectivity index (χ1n) is 4.08. The van der Waals surface area contributed by atoms with Gasteiger partial charge in [0, 0.05) is 33.7 Å². The number of carboxylic acid groups (broad SMARTS) is 1. The Morgan fingerprint density at radius 3 is 2.87 bits per heavy atom. The Morgan fingerprint density at radius 2 is 2.27 bits per heavy atom. The van der Waals surface area contributed by atoms with Crippen LogP contribution in [0.2, 0.25) is 0 Å². The first-order chi connectivity index (χ1) is 7.11. The van der Waals surface area contributed by atoms with Crippen molar-refractivity contribution in [3.8, 4) is 5.75 Å². The molecule has 0 aliphatic heterocycles. The molecular weight excluding hydrogens is 334 g/mol. The van der Waals surface area contributed by atoms with Crippen molar-refractivity contribution in [3.63, 3.8) is 0 Å². The molecule has 0 amide bonds. The predicted molar refractivity (Wildman–Crippen MR) is 64.6 cm³/mol. The summed E-state index contributed by atoms with van der Waals surface area (Å²) in [6.07, 6.45) is 0.287. The normalized spacial score (nSPS) is 10.0. The third kappa shape index (κ3) is 4.70. The second-order valence-corrected chi connectivity index (χ2v) is 4.21. The Labute approximate surface area is 103 Å². The van der Waals surface area contributed by atoms with Gasteiger partial charge in [0.1, 0.15) is 20.8 Å². The number of rotatable bonds is 5.